The molecule has 0 saturated carbocycles. The Morgan fingerprint density at radius 1 is 0.800 bits per heavy atom. The second kappa shape index (κ2) is 11.8. The summed E-state index contributed by atoms with van der Waals surface area (Å²) in [4.78, 5) is 0. The summed E-state index contributed by atoms with van der Waals surface area (Å²) < 4.78 is 0. The lowest BCUT2D eigenvalue weighted by Crippen LogP contribution is -1.87. The van der Waals surface area contributed by atoms with Crippen molar-refractivity contribution in [3.8, 4) is 0 Å². The maximum atomic E-state index is 2.38. The van der Waals surface area contributed by atoms with Crippen LogP contribution in [0, 0.1) is 6.92 Å². The van der Waals surface area contributed by atoms with Crippen molar-refractivity contribution in [2.75, 3.05) is 0 Å². The molecule has 1 aromatic carbocycles. The number of benzene rings is 1. The number of allylic oxidation sites excluding steroid dienone is 2. The Morgan fingerprint density at radius 2 is 1.45 bits per heavy atom. The minimum absolute atomic E-state index is 1.18. The van der Waals surface area contributed by atoms with E-state index in [0.717, 1.165) is 0 Å². The molecule has 0 saturated heterocycles. The van der Waals surface area contributed by atoms with Gasteiger partial charge in [0.2, 0.25) is 0 Å². The number of aryl methyl sites for hydroxylation is 2. The summed E-state index contributed by atoms with van der Waals surface area (Å²) in [7, 11) is 0. The summed E-state index contributed by atoms with van der Waals surface area (Å²) >= 11 is 0. The lowest BCUT2D eigenvalue weighted by atomic mass is 10.0. The van der Waals surface area contributed by atoms with Crippen molar-refractivity contribution in [3.63, 3.8) is 0 Å². The maximum absolute atomic E-state index is 2.38. The zero-order chi connectivity index (χ0) is 14.5. The van der Waals surface area contributed by atoms with Gasteiger partial charge in [-0.05, 0) is 43.7 Å². The quantitative estimate of drug-likeness (QED) is 0.313. The van der Waals surface area contributed by atoms with E-state index in [-0.39, 0.29) is 0 Å². The van der Waals surface area contributed by atoms with Gasteiger partial charge in [-0.2, -0.15) is 0 Å². The first-order valence-corrected chi connectivity index (χ1v) is 8.54. The summed E-state index contributed by atoms with van der Waals surface area (Å²) in [5, 5.41) is 0. The van der Waals surface area contributed by atoms with Gasteiger partial charge in [0.05, 0.1) is 0 Å². The highest BCUT2D eigenvalue weighted by Crippen LogP contribution is 2.11. The van der Waals surface area contributed by atoms with Gasteiger partial charge >= 0.3 is 0 Å². The molecule has 112 valence electrons. The van der Waals surface area contributed by atoms with Gasteiger partial charge in [-0.3, -0.25) is 0 Å². The fourth-order valence-electron chi connectivity index (χ4n) is 2.58. The predicted octanol–water partition coefficient (Wildman–Crippen LogP) is 6.62. The number of rotatable bonds is 11. The Morgan fingerprint density at radius 3 is 2.20 bits per heavy atom. The molecule has 1 rings (SSSR count). The van der Waals surface area contributed by atoms with Crippen molar-refractivity contribution in [3.05, 3.63) is 47.5 Å². The largest absolute Gasteiger partial charge is 0.0885 e. The summed E-state index contributed by atoms with van der Waals surface area (Å²) in [6.07, 6.45) is 18.2. The van der Waals surface area contributed by atoms with E-state index in [1.54, 1.807) is 0 Å². The molecule has 1 aromatic rings. The van der Waals surface area contributed by atoms with E-state index in [2.05, 4.69) is 50.3 Å². The third-order valence-electron chi connectivity index (χ3n) is 3.98. The monoisotopic (exact) mass is 272 g/mol. The van der Waals surface area contributed by atoms with Crippen molar-refractivity contribution in [2.45, 2.75) is 78.1 Å². The maximum Gasteiger partial charge on any atom is -0.0242 e. The van der Waals surface area contributed by atoms with E-state index in [1.807, 2.05) is 0 Å². The number of hydrogen-bond donors (Lipinski definition) is 0. The molecule has 20 heavy (non-hydrogen) atoms. The van der Waals surface area contributed by atoms with E-state index in [1.165, 1.54) is 75.3 Å². The van der Waals surface area contributed by atoms with Crippen LogP contribution in [0.3, 0.4) is 0 Å². The second-order valence-electron chi connectivity index (χ2n) is 5.85. The molecular weight excluding hydrogens is 240 g/mol. The van der Waals surface area contributed by atoms with Crippen molar-refractivity contribution >= 4 is 0 Å². The molecule has 0 heteroatoms. The standard InChI is InChI=1S/C20H32/c1-3-4-5-6-7-8-9-10-11-12-13-17-20-18-15-14-16-19(20)2/h11-12,14-16,18H,3-10,13,17H2,1-2H3/b12-11+. The molecule has 0 amide bonds. The Bertz CT molecular complexity index is 362. The minimum Gasteiger partial charge on any atom is -0.0885 e. The van der Waals surface area contributed by atoms with Crippen LogP contribution in [0.4, 0.5) is 0 Å². The molecule has 0 aromatic heterocycles. The third kappa shape index (κ3) is 8.19. The van der Waals surface area contributed by atoms with Gasteiger partial charge in [0.1, 0.15) is 0 Å². The van der Waals surface area contributed by atoms with Gasteiger partial charge in [-0.15, -0.1) is 0 Å². The highest BCUT2D eigenvalue weighted by molar-refractivity contribution is 5.25. The Hall–Kier alpha value is -1.04. The summed E-state index contributed by atoms with van der Waals surface area (Å²) in [5.41, 5.74) is 2.92. The van der Waals surface area contributed by atoms with Crippen LogP contribution < -0.4 is 0 Å². The molecule has 0 spiro atoms. The van der Waals surface area contributed by atoms with Crippen LogP contribution in [0.15, 0.2) is 36.4 Å². The van der Waals surface area contributed by atoms with Crippen LogP contribution in [0.5, 0.6) is 0 Å². The highest BCUT2D eigenvalue weighted by Gasteiger charge is 1.94. The Labute approximate surface area is 126 Å². The molecule has 0 fully saturated rings. The predicted molar refractivity (Wildman–Crippen MR) is 91.3 cm³/mol. The first-order valence-electron chi connectivity index (χ1n) is 8.54. The molecule has 0 radical (unpaired) electrons. The van der Waals surface area contributed by atoms with Crippen LogP contribution in [0.25, 0.3) is 0 Å². The van der Waals surface area contributed by atoms with Gasteiger partial charge in [-0.1, -0.05) is 81.9 Å². The average Bonchev–Trinajstić information content (AvgIpc) is 2.46. The van der Waals surface area contributed by atoms with Crippen molar-refractivity contribution in [1.29, 1.82) is 0 Å². The lowest BCUT2D eigenvalue weighted by molar-refractivity contribution is 0.592. The molecular formula is C20H32. The summed E-state index contributed by atoms with van der Waals surface area (Å²) in [5.74, 6) is 0. The first kappa shape index (κ1) is 17.0. The second-order valence-corrected chi connectivity index (χ2v) is 5.85. The molecule has 0 aliphatic heterocycles. The van der Waals surface area contributed by atoms with Crippen molar-refractivity contribution in [2.24, 2.45) is 0 Å². The number of unbranched alkanes of at least 4 members (excludes halogenated alkanes) is 7. The normalized spacial score (nSPS) is 11.3. The smallest absolute Gasteiger partial charge is 0.0242 e. The SMILES string of the molecule is CCCCCCCCC/C=C/CCc1ccccc1C. The van der Waals surface area contributed by atoms with E-state index in [4.69, 9.17) is 0 Å². The molecule has 0 heterocycles. The lowest BCUT2D eigenvalue weighted by Gasteiger charge is -2.02. The van der Waals surface area contributed by atoms with Gasteiger partial charge in [0.25, 0.3) is 0 Å². The first-order chi connectivity index (χ1) is 9.84. The average molecular weight is 272 g/mol. The highest BCUT2D eigenvalue weighted by atomic mass is 14.0. The van der Waals surface area contributed by atoms with Gasteiger partial charge in [0, 0.05) is 0 Å². The van der Waals surface area contributed by atoms with E-state index < -0.39 is 0 Å². The summed E-state index contributed by atoms with van der Waals surface area (Å²) in [6, 6.07) is 8.72. The molecule has 0 aliphatic rings. The minimum atomic E-state index is 1.18. The molecule has 0 nitrogen and oxygen atoms in total. The fraction of sp³-hybridized carbons (Fsp3) is 0.600. The zero-order valence-electron chi connectivity index (χ0n) is 13.5. The molecule has 0 aliphatic carbocycles. The third-order valence-corrected chi connectivity index (χ3v) is 3.98. The van der Waals surface area contributed by atoms with Crippen LogP contribution >= 0.6 is 0 Å². The van der Waals surface area contributed by atoms with E-state index in [0.29, 0.717) is 0 Å². The zero-order valence-corrected chi connectivity index (χ0v) is 13.5. The van der Waals surface area contributed by atoms with Gasteiger partial charge < -0.3 is 0 Å². The van der Waals surface area contributed by atoms with Crippen LogP contribution in [-0.2, 0) is 6.42 Å². The van der Waals surface area contributed by atoms with E-state index >= 15 is 0 Å². The Kier molecular flexibility index (Phi) is 10.0. The van der Waals surface area contributed by atoms with Gasteiger partial charge in [-0.25, -0.2) is 0 Å². The van der Waals surface area contributed by atoms with Crippen LogP contribution in [0.2, 0.25) is 0 Å². The van der Waals surface area contributed by atoms with Crippen LogP contribution in [0.1, 0.15) is 75.8 Å². The van der Waals surface area contributed by atoms with Gasteiger partial charge in [0.15, 0.2) is 0 Å². The Balaban J connectivity index is 1.96. The van der Waals surface area contributed by atoms with E-state index in [9.17, 15) is 0 Å². The summed E-state index contributed by atoms with van der Waals surface area (Å²) in [6.45, 7) is 4.49. The molecule has 0 atom stereocenters. The topological polar surface area (TPSA) is 0 Å². The van der Waals surface area contributed by atoms with Crippen molar-refractivity contribution < 1.29 is 0 Å². The van der Waals surface area contributed by atoms with Crippen molar-refractivity contribution in [1.82, 2.24) is 0 Å². The molecule has 0 bridgehead atoms. The van der Waals surface area contributed by atoms with Crippen LogP contribution in [-0.4, -0.2) is 0 Å². The fourth-order valence-corrected chi connectivity index (χ4v) is 2.58. The molecule has 0 N–H and O–H groups in total. The number of hydrogen-bond acceptors (Lipinski definition) is 0. The molecule has 0 unspecified atom stereocenters.